The molecule has 1 aliphatic rings. The molecule has 1 aromatic carbocycles. The lowest BCUT2D eigenvalue weighted by Gasteiger charge is -2.36. The van der Waals surface area contributed by atoms with Gasteiger partial charge in [0.25, 0.3) is 0 Å². The maximum absolute atomic E-state index is 12.9. The molecule has 31 heavy (non-hydrogen) atoms. The molecular formula is C23H29F3N4O. The highest BCUT2D eigenvalue weighted by Gasteiger charge is 2.31. The molecule has 8 heteroatoms. The summed E-state index contributed by atoms with van der Waals surface area (Å²) < 4.78 is 38.7. The van der Waals surface area contributed by atoms with Gasteiger partial charge in [-0.3, -0.25) is 0 Å². The van der Waals surface area contributed by atoms with Crippen molar-refractivity contribution < 1.29 is 18.3 Å². The van der Waals surface area contributed by atoms with Crippen LogP contribution in [0.1, 0.15) is 57.6 Å². The summed E-state index contributed by atoms with van der Waals surface area (Å²) in [5.74, 6) is 1.49. The van der Waals surface area contributed by atoms with Crippen molar-refractivity contribution in [3.63, 3.8) is 0 Å². The first-order chi connectivity index (χ1) is 14.5. The van der Waals surface area contributed by atoms with E-state index in [4.69, 9.17) is 0 Å². The quantitative estimate of drug-likeness (QED) is 0.543. The standard InChI is InChI=1S/C23H29F3N4O/c1-15(16-5-4-6-18(13-16)23(24,25)26)14-27-20-11-12-21(30-29-20)28-19-9-7-17(8-10-19)22(2,3)31/h4-6,11-14,17,19,31H,7-10H2,1-3H3,(H,27,29)(H,28,30)/b15-14+. The molecular weight excluding hydrogens is 405 g/mol. The van der Waals surface area contributed by atoms with Gasteiger partial charge in [0.2, 0.25) is 0 Å². The number of anilines is 2. The molecule has 3 N–H and O–H groups in total. The van der Waals surface area contributed by atoms with Gasteiger partial charge in [-0.25, -0.2) is 0 Å². The van der Waals surface area contributed by atoms with Crippen molar-refractivity contribution in [3.05, 3.63) is 53.7 Å². The van der Waals surface area contributed by atoms with E-state index in [1.807, 2.05) is 19.9 Å². The van der Waals surface area contributed by atoms with E-state index in [1.54, 1.807) is 25.3 Å². The molecule has 0 spiro atoms. The van der Waals surface area contributed by atoms with Gasteiger partial charge in [-0.2, -0.15) is 13.2 Å². The van der Waals surface area contributed by atoms with Crippen molar-refractivity contribution in [2.75, 3.05) is 10.6 Å². The number of nitrogens with zero attached hydrogens (tertiary/aromatic N) is 2. The summed E-state index contributed by atoms with van der Waals surface area (Å²) in [5.41, 5.74) is -0.184. The molecule has 0 amide bonds. The van der Waals surface area contributed by atoms with Crippen LogP contribution in [-0.2, 0) is 6.18 Å². The summed E-state index contributed by atoms with van der Waals surface area (Å²) in [6.45, 7) is 5.47. The van der Waals surface area contributed by atoms with Crippen LogP contribution in [0.15, 0.2) is 42.6 Å². The van der Waals surface area contributed by atoms with Crippen molar-refractivity contribution in [2.45, 2.75) is 64.3 Å². The Balaban J connectivity index is 1.55. The normalized spacial score (nSPS) is 20.4. The number of benzene rings is 1. The van der Waals surface area contributed by atoms with Gasteiger partial charge in [0.05, 0.1) is 11.2 Å². The number of rotatable bonds is 6. The summed E-state index contributed by atoms with van der Waals surface area (Å²) in [4.78, 5) is 0. The fourth-order valence-electron chi connectivity index (χ4n) is 3.85. The summed E-state index contributed by atoms with van der Waals surface area (Å²) in [6, 6.07) is 9.10. The van der Waals surface area contributed by atoms with Gasteiger partial charge in [0.15, 0.2) is 5.82 Å². The van der Waals surface area contributed by atoms with Gasteiger partial charge in [-0.15, -0.1) is 10.2 Å². The largest absolute Gasteiger partial charge is 0.416 e. The van der Waals surface area contributed by atoms with E-state index >= 15 is 0 Å². The molecule has 1 fully saturated rings. The summed E-state index contributed by atoms with van der Waals surface area (Å²) in [5, 5.41) is 24.8. The fourth-order valence-corrected chi connectivity index (χ4v) is 3.85. The summed E-state index contributed by atoms with van der Waals surface area (Å²) >= 11 is 0. The molecule has 0 unspecified atom stereocenters. The van der Waals surface area contributed by atoms with Crippen LogP contribution in [0.25, 0.3) is 5.57 Å². The lowest BCUT2D eigenvalue weighted by Crippen LogP contribution is -2.37. The Kier molecular flexibility index (Phi) is 6.89. The molecule has 2 aromatic rings. The Morgan fingerprint density at radius 1 is 1.03 bits per heavy atom. The van der Waals surface area contributed by atoms with Crippen LogP contribution in [0.2, 0.25) is 0 Å². The third-order valence-electron chi connectivity index (χ3n) is 5.82. The van der Waals surface area contributed by atoms with Gasteiger partial charge in [0.1, 0.15) is 5.82 Å². The minimum absolute atomic E-state index is 0.301. The van der Waals surface area contributed by atoms with Crippen molar-refractivity contribution in [3.8, 4) is 0 Å². The van der Waals surface area contributed by atoms with E-state index in [0.717, 1.165) is 37.8 Å². The van der Waals surface area contributed by atoms with E-state index in [1.165, 1.54) is 6.07 Å². The zero-order valence-corrected chi connectivity index (χ0v) is 18.0. The topological polar surface area (TPSA) is 70.1 Å². The predicted octanol–water partition coefficient (Wildman–Crippen LogP) is 5.71. The second-order valence-corrected chi connectivity index (χ2v) is 8.70. The Morgan fingerprint density at radius 2 is 1.68 bits per heavy atom. The van der Waals surface area contributed by atoms with Crippen LogP contribution in [0.4, 0.5) is 24.8 Å². The van der Waals surface area contributed by atoms with Gasteiger partial charge < -0.3 is 15.7 Å². The first-order valence-corrected chi connectivity index (χ1v) is 10.5. The number of hydrogen-bond donors (Lipinski definition) is 3. The highest BCUT2D eigenvalue weighted by atomic mass is 19.4. The Bertz CT molecular complexity index is 896. The van der Waals surface area contributed by atoms with Crippen LogP contribution < -0.4 is 10.6 Å². The fraction of sp³-hybridized carbons (Fsp3) is 0.478. The van der Waals surface area contributed by atoms with E-state index in [2.05, 4.69) is 20.8 Å². The zero-order valence-electron chi connectivity index (χ0n) is 18.0. The number of aliphatic hydroxyl groups is 1. The number of allylic oxidation sites excluding steroid dienone is 1. The highest BCUT2D eigenvalue weighted by Crippen LogP contribution is 2.33. The summed E-state index contributed by atoms with van der Waals surface area (Å²) in [6.07, 6.45) is 1.11. The summed E-state index contributed by atoms with van der Waals surface area (Å²) in [7, 11) is 0. The van der Waals surface area contributed by atoms with E-state index < -0.39 is 17.3 Å². The number of alkyl halides is 3. The van der Waals surface area contributed by atoms with Crippen LogP contribution in [0.3, 0.4) is 0 Å². The second-order valence-electron chi connectivity index (χ2n) is 8.70. The predicted molar refractivity (Wildman–Crippen MR) is 116 cm³/mol. The molecule has 1 aromatic heterocycles. The van der Waals surface area contributed by atoms with Gasteiger partial charge in [-0.05, 0) is 87.8 Å². The average Bonchev–Trinajstić information content (AvgIpc) is 2.72. The van der Waals surface area contributed by atoms with Crippen LogP contribution in [0.5, 0.6) is 0 Å². The Hall–Kier alpha value is -2.61. The van der Waals surface area contributed by atoms with E-state index in [0.29, 0.717) is 34.7 Å². The third-order valence-corrected chi connectivity index (χ3v) is 5.82. The SMILES string of the molecule is C/C(=C\Nc1ccc(NC2CCC(C(C)(C)O)CC2)nn1)c1cccc(C(F)(F)F)c1. The Morgan fingerprint density at radius 3 is 2.26 bits per heavy atom. The average molecular weight is 435 g/mol. The van der Waals surface area contributed by atoms with E-state index in [9.17, 15) is 18.3 Å². The zero-order chi connectivity index (χ0) is 22.6. The maximum Gasteiger partial charge on any atom is 0.416 e. The van der Waals surface area contributed by atoms with Crippen LogP contribution in [-0.4, -0.2) is 26.9 Å². The molecule has 1 aliphatic carbocycles. The smallest absolute Gasteiger partial charge is 0.390 e. The minimum atomic E-state index is -4.37. The van der Waals surface area contributed by atoms with Gasteiger partial charge in [0, 0.05) is 12.2 Å². The van der Waals surface area contributed by atoms with Crippen LogP contribution in [0, 0.1) is 5.92 Å². The van der Waals surface area contributed by atoms with Crippen LogP contribution >= 0.6 is 0 Å². The molecule has 3 rings (SSSR count). The number of hydrogen-bond acceptors (Lipinski definition) is 5. The molecule has 1 saturated carbocycles. The van der Waals surface area contributed by atoms with Crippen molar-refractivity contribution >= 4 is 17.2 Å². The van der Waals surface area contributed by atoms with E-state index in [-0.39, 0.29) is 0 Å². The molecule has 0 aliphatic heterocycles. The molecule has 1 heterocycles. The van der Waals surface area contributed by atoms with Crippen molar-refractivity contribution in [1.82, 2.24) is 10.2 Å². The molecule has 168 valence electrons. The lowest BCUT2D eigenvalue weighted by atomic mass is 9.77. The van der Waals surface area contributed by atoms with Gasteiger partial charge in [-0.1, -0.05) is 12.1 Å². The first-order valence-electron chi connectivity index (χ1n) is 10.5. The molecule has 5 nitrogen and oxygen atoms in total. The third kappa shape index (κ3) is 6.43. The van der Waals surface area contributed by atoms with Gasteiger partial charge >= 0.3 is 6.18 Å². The van der Waals surface area contributed by atoms with Crippen molar-refractivity contribution in [2.24, 2.45) is 5.92 Å². The lowest BCUT2D eigenvalue weighted by molar-refractivity contribution is -0.137. The minimum Gasteiger partial charge on any atom is -0.390 e. The number of aromatic nitrogens is 2. The molecule has 0 radical (unpaired) electrons. The monoisotopic (exact) mass is 434 g/mol. The molecule has 0 saturated heterocycles. The molecule has 0 bridgehead atoms. The first kappa shape index (κ1) is 23.1. The van der Waals surface area contributed by atoms with Crippen molar-refractivity contribution in [1.29, 1.82) is 0 Å². The number of halogens is 3. The Labute approximate surface area is 180 Å². The number of nitrogens with one attached hydrogen (secondary N) is 2. The highest BCUT2D eigenvalue weighted by molar-refractivity contribution is 5.66. The maximum atomic E-state index is 12.9. The molecule has 0 atom stereocenters. The second kappa shape index (κ2) is 9.26.